The molecule has 0 N–H and O–H groups in total. The molecule has 1 aliphatic heterocycles. The molecular formula is C20H18N2O4S2. The molecule has 8 heteroatoms. The Morgan fingerprint density at radius 3 is 2.46 bits per heavy atom. The summed E-state index contributed by atoms with van der Waals surface area (Å²) in [4.78, 5) is 13.5. The molecule has 0 fully saturated rings. The van der Waals surface area contributed by atoms with Gasteiger partial charge in [-0.25, -0.2) is 13.2 Å². The second kappa shape index (κ2) is 8.09. The number of hydrogen-bond acceptors (Lipinski definition) is 6. The maximum atomic E-state index is 13.1. The molecule has 0 saturated heterocycles. The van der Waals surface area contributed by atoms with Crippen LogP contribution in [0.3, 0.4) is 0 Å². The van der Waals surface area contributed by atoms with Gasteiger partial charge >= 0.3 is 5.97 Å². The van der Waals surface area contributed by atoms with Gasteiger partial charge in [0.1, 0.15) is 6.07 Å². The van der Waals surface area contributed by atoms with E-state index in [1.807, 2.05) is 36.6 Å². The molecule has 0 radical (unpaired) electrons. The third-order valence-corrected chi connectivity index (χ3v) is 6.82. The van der Waals surface area contributed by atoms with E-state index in [0.717, 1.165) is 14.8 Å². The molecule has 28 heavy (non-hydrogen) atoms. The molecule has 0 spiro atoms. The zero-order valence-corrected chi connectivity index (χ0v) is 17.0. The van der Waals surface area contributed by atoms with Gasteiger partial charge in [0.2, 0.25) is 0 Å². The van der Waals surface area contributed by atoms with Crippen molar-refractivity contribution in [2.75, 3.05) is 12.9 Å². The van der Waals surface area contributed by atoms with Gasteiger partial charge in [-0.3, -0.25) is 4.31 Å². The molecule has 6 nitrogen and oxygen atoms in total. The van der Waals surface area contributed by atoms with E-state index >= 15 is 0 Å². The van der Waals surface area contributed by atoms with Crippen LogP contribution in [0.15, 0.2) is 63.9 Å². The fourth-order valence-electron chi connectivity index (χ4n) is 2.98. The summed E-state index contributed by atoms with van der Waals surface area (Å²) in [5, 5.41) is 9.60. The Kier molecular flexibility index (Phi) is 5.77. The average Bonchev–Trinajstić information content (AvgIpc) is 2.91. The second-order valence-electron chi connectivity index (χ2n) is 5.91. The van der Waals surface area contributed by atoms with Gasteiger partial charge in [-0.2, -0.15) is 5.26 Å². The van der Waals surface area contributed by atoms with Crippen molar-refractivity contribution >= 4 is 33.5 Å². The van der Waals surface area contributed by atoms with Crippen LogP contribution in [0.4, 0.5) is 0 Å². The van der Waals surface area contributed by atoms with Crippen molar-refractivity contribution in [1.82, 2.24) is 4.31 Å². The number of fused-ring (bicyclic) bond motifs is 1. The fourth-order valence-corrected chi connectivity index (χ4v) is 5.07. The Morgan fingerprint density at radius 2 is 1.86 bits per heavy atom. The van der Waals surface area contributed by atoms with Crippen LogP contribution < -0.4 is 0 Å². The molecule has 2 aromatic rings. The second-order valence-corrected chi connectivity index (χ2v) is 8.62. The minimum atomic E-state index is -3.90. The van der Waals surface area contributed by atoms with Gasteiger partial charge in [0.15, 0.2) is 5.57 Å². The summed E-state index contributed by atoms with van der Waals surface area (Å²) in [6.07, 6.45) is 1.95. The zero-order valence-electron chi connectivity index (χ0n) is 15.4. The molecule has 0 unspecified atom stereocenters. The molecular weight excluding hydrogens is 396 g/mol. The highest BCUT2D eigenvalue weighted by atomic mass is 32.2. The minimum Gasteiger partial charge on any atom is -0.462 e. The van der Waals surface area contributed by atoms with E-state index in [2.05, 4.69) is 0 Å². The number of benzene rings is 2. The predicted molar refractivity (Wildman–Crippen MR) is 107 cm³/mol. The van der Waals surface area contributed by atoms with Gasteiger partial charge in [0.25, 0.3) is 10.0 Å². The standard InChI is InChI=1S/C20H18N2O4S2/c1-3-26-20(23)17(12-21)19-16-6-4-5-7-18(16)28(24,25)22(19)13-14-8-10-15(27-2)11-9-14/h4-11H,3,13H2,1-2H3/b19-17-. The summed E-state index contributed by atoms with van der Waals surface area (Å²) in [7, 11) is -3.90. The Bertz CT molecular complexity index is 1080. The highest BCUT2D eigenvalue weighted by Crippen LogP contribution is 2.41. The molecule has 144 valence electrons. The average molecular weight is 415 g/mol. The van der Waals surface area contributed by atoms with Crippen molar-refractivity contribution < 1.29 is 17.9 Å². The smallest absolute Gasteiger partial charge is 0.351 e. The van der Waals surface area contributed by atoms with Crippen LogP contribution in [0.25, 0.3) is 5.70 Å². The summed E-state index contributed by atoms with van der Waals surface area (Å²) < 4.78 is 32.4. The Balaban J connectivity index is 2.17. The molecule has 1 aliphatic rings. The first kappa shape index (κ1) is 20.0. The summed E-state index contributed by atoms with van der Waals surface area (Å²) in [5.74, 6) is -0.838. The molecule has 0 amide bonds. The van der Waals surface area contributed by atoms with Crippen LogP contribution in [-0.2, 0) is 26.1 Å². The monoisotopic (exact) mass is 414 g/mol. The number of rotatable bonds is 5. The number of ether oxygens (including phenoxy) is 1. The van der Waals surface area contributed by atoms with E-state index in [9.17, 15) is 18.5 Å². The highest BCUT2D eigenvalue weighted by molar-refractivity contribution is 7.98. The Hall–Kier alpha value is -2.76. The van der Waals surface area contributed by atoms with E-state index in [0.29, 0.717) is 5.56 Å². The maximum Gasteiger partial charge on any atom is 0.351 e. The normalized spacial score (nSPS) is 16.2. The number of nitriles is 1. The lowest BCUT2D eigenvalue weighted by molar-refractivity contribution is -0.137. The minimum absolute atomic E-state index is 0.00555. The number of hydrogen-bond donors (Lipinski definition) is 0. The molecule has 0 aliphatic carbocycles. The van der Waals surface area contributed by atoms with Gasteiger partial charge in [-0.05, 0) is 36.9 Å². The first-order valence-corrected chi connectivity index (χ1v) is 11.2. The molecule has 0 bridgehead atoms. The summed E-state index contributed by atoms with van der Waals surface area (Å²) >= 11 is 1.58. The lowest BCUT2D eigenvalue weighted by Gasteiger charge is -2.20. The van der Waals surface area contributed by atoms with Crippen molar-refractivity contribution in [2.24, 2.45) is 0 Å². The van der Waals surface area contributed by atoms with Crippen LogP contribution in [0, 0.1) is 11.3 Å². The number of carbonyl (C=O) groups excluding carboxylic acids is 1. The Labute approximate surface area is 168 Å². The molecule has 0 saturated carbocycles. The third-order valence-electron chi connectivity index (χ3n) is 4.27. The van der Waals surface area contributed by atoms with Gasteiger partial charge < -0.3 is 4.74 Å². The topological polar surface area (TPSA) is 87.5 Å². The Morgan fingerprint density at radius 1 is 1.18 bits per heavy atom. The van der Waals surface area contributed by atoms with E-state index in [1.54, 1.807) is 36.9 Å². The van der Waals surface area contributed by atoms with E-state index in [-0.39, 0.29) is 29.3 Å². The van der Waals surface area contributed by atoms with E-state index in [4.69, 9.17) is 4.74 Å². The fraction of sp³-hybridized carbons (Fsp3) is 0.200. The van der Waals surface area contributed by atoms with Crippen molar-refractivity contribution in [3.8, 4) is 6.07 Å². The van der Waals surface area contributed by atoms with Gasteiger partial charge in [0.05, 0.1) is 23.7 Å². The number of esters is 1. The molecule has 0 atom stereocenters. The summed E-state index contributed by atoms with van der Waals surface area (Å²) in [5.41, 5.74) is 0.808. The molecule has 1 heterocycles. The van der Waals surface area contributed by atoms with Crippen molar-refractivity contribution in [1.29, 1.82) is 5.26 Å². The van der Waals surface area contributed by atoms with Crippen LogP contribution in [0.2, 0.25) is 0 Å². The quantitative estimate of drug-likeness (QED) is 0.322. The number of sulfonamides is 1. The molecule has 3 rings (SSSR count). The van der Waals surface area contributed by atoms with Crippen LogP contribution >= 0.6 is 11.8 Å². The lowest BCUT2D eigenvalue weighted by atomic mass is 10.1. The predicted octanol–water partition coefficient (Wildman–Crippen LogP) is 3.41. The largest absolute Gasteiger partial charge is 0.462 e. The van der Waals surface area contributed by atoms with Gasteiger partial charge in [0, 0.05) is 10.5 Å². The number of thioether (sulfide) groups is 1. The number of carbonyl (C=O) groups is 1. The van der Waals surface area contributed by atoms with Crippen LogP contribution in [0.5, 0.6) is 0 Å². The summed E-state index contributed by atoms with van der Waals surface area (Å²) in [6.45, 7) is 1.72. The van der Waals surface area contributed by atoms with Crippen LogP contribution in [-0.4, -0.2) is 31.6 Å². The van der Waals surface area contributed by atoms with Crippen LogP contribution in [0.1, 0.15) is 18.1 Å². The van der Waals surface area contributed by atoms with E-state index < -0.39 is 16.0 Å². The first-order chi connectivity index (χ1) is 13.4. The SMILES string of the molecule is CCOC(=O)/C(C#N)=C1/c2ccccc2S(=O)(=O)N1Cc1ccc(SC)cc1. The lowest BCUT2D eigenvalue weighted by Crippen LogP contribution is -2.25. The molecule has 0 aromatic heterocycles. The van der Waals surface area contributed by atoms with Gasteiger partial charge in [-0.1, -0.05) is 30.3 Å². The van der Waals surface area contributed by atoms with Crippen molar-refractivity contribution in [3.63, 3.8) is 0 Å². The van der Waals surface area contributed by atoms with Crippen molar-refractivity contribution in [3.05, 3.63) is 65.2 Å². The summed E-state index contributed by atoms with van der Waals surface area (Å²) in [6, 6.07) is 15.6. The third kappa shape index (κ3) is 3.51. The first-order valence-electron chi connectivity index (χ1n) is 8.50. The van der Waals surface area contributed by atoms with Crippen molar-refractivity contribution in [2.45, 2.75) is 23.3 Å². The highest BCUT2D eigenvalue weighted by Gasteiger charge is 2.41. The van der Waals surface area contributed by atoms with E-state index in [1.165, 1.54) is 6.07 Å². The zero-order chi connectivity index (χ0) is 20.3. The molecule has 2 aromatic carbocycles. The maximum absolute atomic E-state index is 13.1. The number of nitrogens with zero attached hydrogens (tertiary/aromatic N) is 2. The van der Waals surface area contributed by atoms with Gasteiger partial charge in [-0.15, -0.1) is 11.8 Å².